The van der Waals surface area contributed by atoms with Gasteiger partial charge in [0, 0.05) is 12.6 Å². The molecule has 1 aromatic carbocycles. The maximum absolute atomic E-state index is 12.7. The molecule has 0 aromatic heterocycles. The zero-order valence-corrected chi connectivity index (χ0v) is 16.0. The van der Waals surface area contributed by atoms with E-state index in [2.05, 4.69) is 10.6 Å². The normalized spacial score (nSPS) is 17.7. The van der Waals surface area contributed by atoms with E-state index in [4.69, 9.17) is 4.74 Å². The Bertz CT molecular complexity index is 663. The van der Waals surface area contributed by atoms with Crippen molar-refractivity contribution in [3.8, 4) is 5.75 Å². The van der Waals surface area contributed by atoms with Gasteiger partial charge in [0.1, 0.15) is 11.8 Å². The van der Waals surface area contributed by atoms with Gasteiger partial charge in [0.05, 0.1) is 6.61 Å². The first kappa shape index (κ1) is 18.7. The molecule has 5 heteroatoms. The molecule has 5 nitrogen and oxygen atoms in total. The van der Waals surface area contributed by atoms with E-state index in [0.29, 0.717) is 29.7 Å². The zero-order chi connectivity index (χ0) is 18.7. The summed E-state index contributed by atoms with van der Waals surface area (Å²) in [6, 6.07) is 5.20. The molecule has 0 radical (unpaired) electrons. The fraction of sp³-hybridized carbons (Fsp3) is 0.619. The van der Waals surface area contributed by atoms with Crippen molar-refractivity contribution < 1.29 is 14.3 Å². The molecule has 26 heavy (non-hydrogen) atoms. The molecule has 0 saturated heterocycles. The average molecular weight is 358 g/mol. The first-order valence-electron chi connectivity index (χ1n) is 9.77. The maximum atomic E-state index is 12.7. The lowest BCUT2D eigenvalue weighted by molar-refractivity contribution is -0.122. The number of ether oxygens (including phenoxy) is 1. The molecule has 3 rings (SSSR count). The lowest BCUT2D eigenvalue weighted by Crippen LogP contribution is -2.46. The summed E-state index contributed by atoms with van der Waals surface area (Å²) in [6.07, 6.45) is 5.47. The van der Waals surface area contributed by atoms with Gasteiger partial charge in [-0.2, -0.15) is 0 Å². The smallest absolute Gasteiger partial charge is 0.252 e. The van der Waals surface area contributed by atoms with Crippen LogP contribution in [-0.4, -0.2) is 31.5 Å². The van der Waals surface area contributed by atoms with Crippen LogP contribution in [0.1, 0.15) is 67.8 Å². The molecule has 0 heterocycles. The first-order valence-corrected chi connectivity index (χ1v) is 9.77. The summed E-state index contributed by atoms with van der Waals surface area (Å²) < 4.78 is 6.03. The molecule has 1 aromatic rings. The predicted octanol–water partition coefficient (Wildman–Crippen LogP) is 3.24. The Hall–Kier alpha value is -2.04. The molecular weight excluding hydrogens is 328 g/mol. The third-order valence-electron chi connectivity index (χ3n) is 5.04. The number of nitrogens with one attached hydrogen (secondary N) is 2. The molecule has 2 fully saturated rings. The molecule has 1 unspecified atom stereocenters. The van der Waals surface area contributed by atoms with Crippen LogP contribution in [0, 0.1) is 11.8 Å². The highest BCUT2D eigenvalue weighted by Crippen LogP contribution is 2.45. The molecule has 2 amide bonds. The molecule has 0 bridgehead atoms. The van der Waals surface area contributed by atoms with E-state index < -0.39 is 6.04 Å². The summed E-state index contributed by atoms with van der Waals surface area (Å²) in [5.41, 5.74) is 1.77. The molecule has 2 aliphatic carbocycles. The van der Waals surface area contributed by atoms with E-state index in [1.54, 1.807) is 7.05 Å². The highest BCUT2D eigenvalue weighted by Gasteiger charge is 2.29. The van der Waals surface area contributed by atoms with Crippen LogP contribution in [0.15, 0.2) is 18.2 Å². The lowest BCUT2D eigenvalue weighted by atomic mass is 10.0. The van der Waals surface area contributed by atoms with E-state index in [9.17, 15) is 9.59 Å². The van der Waals surface area contributed by atoms with Gasteiger partial charge in [0.15, 0.2) is 0 Å². The van der Waals surface area contributed by atoms with Crippen molar-refractivity contribution in [1.82, 2.24) is 10.6 Å². The van der Waals surface area contributed by atoms with Crippen molar-refractivity contribution in [1.29, 1.82) is 0 Å². The second-order valence-corrected chi connectivity index (χ2v) is 8.05. The van der Waals surface area contributed by atoms with Gasteiger partial charge >= 0.3 is 0 Å². The van der Waals surface area contributed by atoms with Crippen LogP contribution in [0.2, 0.25) is 0 Å². The summed E-state index contributed by atoms with van der Waals surface area (Å²) in [6.45, 7) is 4.81. The van der Waals surface area contributed by atoms with Gasteiger partial charge in [-0.3, -0.25) is 9.59 Å². The van der Waals surface area contributed by atoms with Crippen LogP contribution in [0.4, 0.5) is 0 Å². The molecule has 0 spiro atoms. The molecular formula is C21H30N2O3. The molecule has 0 aliphatic heterocycles. The number of benzene rings is 1. The second kappa shape index (κ2) is 8.11. The van der Waals surface area contributed by atoms with Gasteiger partial charge < -0.3 is 15.4 Å². The van der Waals surface area contributed by atoms with Gasteiger partial charge in [0.25, 0.3) is 5.91 Å². The van der Waals surface area contributed by atoms with Crippen molar-refractivity contribution >= 4 is 11.8 Å². The van der Waals surface area contributed by atoms with Crippen LogP contribution >= 0.6 is 0 Å². The summed E-state index contributed by atoms with van der Waals surface area (Å²) in [5.74, 6) is 2.01. The van der Waals surface area contributed by atoms with Gasteiger partial charge in [0.2, 0.25) is 5.91 Å². The Morgan fingerprint density at radius 3 is 2.50 bits per heavy atom. The molecule has 2 aliphatic rings. The van der Waals surface area contributed by atoms with Crippen LogP contribution < -0.4 is 15.4 Å². The lowest BCUT2D eigenvalue weighted by Gasteiger charge is -2.20. The van der Waals surface area contributed by atoms with E-state index in [1.807, 2.05) is 32.0 Å². The number of amides is 2. The first-order chi connectivity index (χ1) is 12.5. The number of rotatable bonds is 9. The number of likely N-dealkylation sites (N-methyl/N-ethyl adjacent to an activating group) is 1. The van der Waals surface area contributed by atoms with Gasteiger partial charge in [-0.25, -0.2) is 0 Å². The fourth-order valence-electron chi connectivity index (χ4n) is 3.14. The monoisotopic (exact) mass is 358 g/mol. The van der Waals surface area contributed by atoms with Gasteiger partial charge in [-0.05, 0) is 67.6 Å². The molecule has 2 N–H and O–H groups in total. The van der Waals surface area contributed by atoms with E-state index in [1.165, 1.54) is 31.2 Å². The predicted molar refractivity (Wildman–Crippen MR) is 101 cm³/mol. The number of carbonyl (C=O) groups is 2. The van der Waals surface area contributed by atoms with Crippen molar-refractivity contribution in [2.45, 2.75) is 57.9 Å². The highest BCUT2D eigenvalue weighted by atomic mass is 16.5. The Balaban J connectivity index is 1.72. The van der Waals surface area contributed by atoms with E-state index in [-0.39, 0.29) is 11.8 Å². The summed E-state index contributed by atoms with van der Waals surface area (Å²) in [5, 5.41) is 5.51. The maximum Gasteiger partial charge on any atom is 0.252 e. The summed E-state index contributed by atoms with van der Waals surface area (Å²) in [4.78, 5) is 24.8. The number of carbonyl (C=O) groups excluding carboxylic acids is 2. The summed E-state index contributed by atoms with van der Waals surface area (Å²) >= 11 is 0. The zero-order valence-electron chi connectivity index (χ0n) is 16.0. The minimum absolute atomic E-state index is 0.160. The summed E-state index contributed by atoms with van der Waals surface area (Å²) in [7, 11) is 1.59. The quantitative estimate of drug-likeness (QED) is 0.712. The fourth-order valence-corrected chi connectivity index (χ4v) is 3.14. The molecule has 2 saturated carbocycles. The second-order valence-electron chi connectivity index (χ2n) is 8.05. The Kier molecular flexibility index (Phi) is 5.84. The van der Waals surface area contributed by atoms with Gasteiger partial charge in [-0.1, -0.05) is 19.9 Å². The van der Waals surface area contributed by atoms with Crippen molar-refractivity contribution in [2.24, 2.45) is 11.8 Å². The highest BCUT2D eigenvalue weighted by molar-refractivity contribution is 5.98. The Morgan fingerprint density at radius 1 is 1.19 bits per heavy atom. The topological polar surface area (TPSA) is 67.4 Å². The number of hydrogen-bond donors (Lipinski definition) is 2. The Morgan fingerprint density at radius 2 is 1.92 bits per heavy atom. The van der Waals surface area contributed by atoms with Gasteiger partial charge in [-0.15, -0.1) is 0 Å². The Labute approximate surface area is 155 Å². The third-order valence-corrected chi connectivity index (χ3v) is 5.04. The largest absolute Gasteiger partial charge is 0.493 e. The SMILES string of the molecule is CNC(=O)C(CC(C)C)NC(=O)c1ccc(C2CC2)c(OCC2CC2)c1. The van der Waals surface area contributed by atoms with Crippen molar-refractivity contribution in [3.05, 3.63) is 29.3 Å². The van der Waals surface area contributed by atoms with Crippen molar-refractivity contribution in [3.63, 3.8) is 0 Å². The standard InChI is InChI=1S/C21H30N2O3/c1-13(2)10-18(21(25)22-3)23-20(24)16-8-9-17(15-6-7-15)19(11-16)26-12-14-4-5-14/h8-9,11,13-15,18H,4-7,10,12H2,1-3H3,(H,22,25)(H,23,24). The minimum atomic E-state index is -0.522. The molecule has 142 valence electrons. The minimum Gasteiger partial charge on any atom is -0.493 e. The van der Waals surface area contributed by atoms with E-state index >= 15 is 0 Å². The van der Waals surface area contributed by atoms with Crippen molar-refractivity contribution in [2.75, 3.05) is 13.7 Å². The van der Waals surface area contributed by atoms with Crippen LogP contribution in [0.25, 0.3) is 0 Å². The van der Waals surface area contributed by atoms with Crippen LogP contribution in [-0.2, 0) is 4.79 Å². The van der Waals surface area contributed by atoms with Crippen LogP contribution in [0.3, 0.4) is 0 Å². The average Bonchev–Trinajstić information content (AvgIpc) is 3.51. The van der Waals surface area contributed by atoms with E-state index in [0.717, 1.165) is 12.4 Å². The third kappa shape index (κ3) is 4.99. The van der Waals surface area contributed by atoms with Crippen LogP contribution in [0.5, 0.6) is 5.75 Å². The molecule has 1 atom stereocenters. The number of hydrogen-bond acceptors (Lipinski definition) is 3.